The Morgan fingerprint density at radius 3 is 2.82 bits per heavy atom. The highest BCUT2D eigenvalue weighted by Gasteiger charge is 2.43. The minimum absolute atomic E-state index is 0.0279. The van der Waals surface area contributed by atoms with Gasteiger partial charge < -0.3 is 19.1 Å². The number of nitrogens with one attached hydrogen (secondary N) is 1. The van der Waals surface area contributed by atoms with Crippen molar-refractivity contribution in [1.29, 1.82) is 0 Å². The molecule has 2 N–H and O–H groups in total. The highest BCUT2D eigenvalue weighted by molar-refractivity contribution is 9.09. The lowest BCUT2D eigenvalue weighted by atomic mass is 10.2. The fourth-order valence-electron chi connectivity index (χ4n) is 3.88. The van der Waals surface area contributed by atoms with Gasteiger partial charge in [-0.1, -0.05) is 27.5 Å². The van der Waals surface area contributed by atoms with E-state index in [2.05, 4.69) is 20.9 Å². The highest BCUT2D eigenvalue weighted by Crippen LogP contribution is 2.55. The van der Waals surface area contributed by atoms with E-state index in [0.29, 0.717) is 27.9 Å². The molecule has 13 nitrogen and oxygen atoms in total. The summed E-state index contributed by atoms with van der Waals surface area (Å²) in [6, 6.07) is 4.68. The van der Waals surface area contributed by atoms with Crippen LogP contribution in [-0.4, -0.2) is 50.7 Å². The van der Waals surface area contributed by atoms with Crippen molar-refractivity contribution >= 4 is 47.3 Å². The van der Waals surface area contributed by atoms with Gasteiger partial charge >= 0.3 is 25.5 Å². The third-order valence-corrected chi connectivity index (χ3v) is 7.69. The molecular formula is C22H23BrClN2O11P. The van der Waals surface area contributed by atoms with E-state index in [-0.39, 0.29) is 25.2 Å². The average molecular weight is 638 g/mol. The van der Waals surface area contributed by atoms with E-state index in [1.165, 1.54) is 12.3 Å². The Hall–Kier alpha value is -2.48. The van der Waals surface area contributed by atoms with E-state index in [4.69, 9.17) is 39.8 Å². The summed E-state index contributed by atoms with van der Waals surface area (Å²) in [5.41, 5.74) is -0.372. The lowest BCUT2D eigenvalue weighted by Crippen LogP contribution is -2.34. The van der Waals surface area contributed by atoms with Crippen LogP contribution in [0.1, 0.15) is 36.6 Å². The zero-order chi connectivity index (χ0) is 27.4. The molecule has 1 aromatic heterocycles. The van der Waals surface area contributed by atoms with E-state index in [1.807, 2.05) is 0 Å². The largest absolute Gasteiger partial charge is 0.530 e. The summed E-state index contributed by atoms with van der Waals surface area (Å²) in [5.74, 6) is -1.71. The number of H-pyrrole nitrogens is 1. The summed E-state index contributed by atoms with van der Waals surface area (Å²) in [6.07, 6.45) is -2.16. The number of phosphoric ester groups is 1. The van der Waals surface area contributed by atoms with Gasteiger partial charge in [0.15, 0.2) is 0 Å². The van der Waals surface area contributed by atoms with Gasteiger partial charge in [0.05, 0.1) is 26.1 Å². The van der Waals surface area contributed by atoms with E-state index in [0.717, 1.165) is 4.57 Å². The van der Waals surface area contributed by atoms with Gasteiger partial charge in [0, 0.05) is 34.1 Å². The number of carboxylic acid groups (broad SMARTS) is 1. The van der Waals surface area contributed by atoms with Crippen LogP contribution in [0.3, 0.4) is 0 Å². The van der Waals surface area contributed by atoms with E-state index < -0.39 is 62.5 Å². The van der Waals surface area contributed by atoms with Gasteiger partial charge in [0.1, 0.15) is 24.2 Å². The van der Waals surface area contributed by atoms with Gasteiger partial charge in [-0.15, -0.1) is 0 Å². The maximum absolute atomic E-state index is 13.1. The Morgan fingerprint density at radius 1 is 1.29 bits per heavy atom. The van der Waals surface area contributed by atoms with Gasteiger partial charge in [-0.25, -0.2) is 9.36 Å². The van der Waals surface area contributed by atoms with Crippen molar-refractivity contribution in [2.45, 2.75) is 50.7 Å². The first kappa shape index (κ1) is 28.5. The Kier molecular flexibility index (Phi) is 9.11. The maximum atomic E-state index is 13.1. The molecule has 0 spiro atoms. The van der Waals surface area contributed by atoms with Crippen molar-refractivity contribution in [1.82, 2.24) is 9.55 Å². The van der Waals surface area contributed by atoms with Gasteiger partial charge in [0.25, 0.3) is 5.56 Å². The number of fused-ring (bicyclic) bond motifs is 1. The molecule has 0 bridgehead atoms. The number of aryl methyl sites for hydroxylation is 1. The van der Waals surface area contributed by atoms with Crippen LogP contribution in [-0.2, 0) is 45.7 Å². The smallest absolute Gasteiger partial charge is 0.481 e. The average Bonchev–Trinajstić information content (AvgIpc) is 3.25. The predicted octanol–water partition coefficient (Wildman–Crippen LogP) is 2.93. The molecule has 1 unspecified atom stereocenters. The number of rotatable bonds is 10. The van der Waals surface area contributed by atoms with Crippen LogP contribution in [0.15, 0.2) is 34.0 Å². The zero-order valence-electron chi connectivity index (χ0n) is 19.7. The second-order valence-electron chi connectivity index (χ2n) is 8.41. The number of esters is 1. The van der Waals surface area contributed by atoms with Gasteiger partial charge in [-0.2, -0.15) is 0 Å². The van der Waals surface area contributed by atoms with E-state index in [9.17, 15) is 23.7 Å². The number of carboxylic acids is 1. The number of carbonyl (C=O) groups is 2. The van der Waals surface area contributed by atoms with Crippen LogP contribution in [0, 0.1) is 0 Å². The summed E-state index contributed by atoms with van der Waals surface area (Å²) < 4.78 is 41.8. The fraction of sp³-hybridized carbons (Fsp3) is 0.455. The van der Waals surface area contributed by atoms with Crippen LogP contribution < -0.4 is 15.8 Å². The molecule has 38 heavy (non-hydrogen) atoms. The van der Waals surface area contributed by atoms with Gasteiger partial charge in [0.2, 0.25) is 0 Å². The number of ether oxygens (including phenoxy) is 2. The number of aromatic nitrogens is 2. The lowest BCUT2D eigenvalue weighted by molar-refractivity contribution is -0.155. The molecule has 1 aromatic carbocycles. The molecule has 2 aliphatic heterocycles. The summed E-state index contributed by atoms with van der Waals surface area (Å²) in [5, 5.41) is 9.77. The molecule has 2 aliphatic rings. The van der Waals surface area contributed by atoms with Crippen molar-refractivity contribution in [3.05, 3.63) is 61.4 Å². The molecule has 0 amide bonds. The van der Waals surface area contributed by atoms with Crippen LogP contribution >= 0.6 is 35.4 Å². The SMILES string of the molecule is O=C(O)CCC(=O)O[C@@H]1C[C@H](n2cc(CCBr)c(=O)[nH]c2=O)O[C@@H]1COP1(=O)OCc2cc(Cl)ccc2O1. The van der Waals surface area contributed by atoms with Crippen LogP contribution in [0.25, 0.3) is 0 Å². The molecule has 3 heterocycles. The monoisotopic (exact) mass is 636 g/mol. The summed E-state index contributed by atoms with van der Waals surface area (Å²) in [4.78, 5) is 49.9. The fourth-order valence-corrected chi connectivity index (χ4v) is 5.72. The zero-order valence-corrected chi connectivity index (χ0v) is 22.9. The first-order valence-corrected chi connectivity index (χ1v) is 14.4. The second kappa shape index (κ2) is 12.1. The van der Waals surface area contributed by atoms with Crippen LogP contribution in [0.2, 0.25) is 5.02 Å². The van der Waals surface area contributed by atoms with Crippen molar-refractivity contribution in [2.75, 3.05) is 11.9 Å². The van der Waals surface area contributed by atoms with Crippen molar-refractivity contribution in [3.8, 4) is 5.75 Å². The number of phosphoric acid groups is 1. The Morgan fingerprint density at radius 2 is 2.08 bits per heavy atom. The molecule has 1 fully saturated rings. The molecule has 4 rings (SSSR count). The Balaban J connectivity index is 1.51. The van der Waals surface area contributed by atoms with E-state index >= 15 is 0 Å². The number of hydrogen-bond acceptors (Lipinski definition) is 10. The quantitative estimate of drug-likeness (QED) is 0.223. The third kappa shape index (κ3) is 6.93. The first-order chi connectivity index (χ1) is 18.1. The molecule has 0 aliphatic carbocycles. The molecule has 206 valence electrons. The number of carbonyl (C=O) groups excluding carboxylic acids is 1. The van der Waals surface area contributed by atoms with Crippen molar-refractivity contribution in [3.63, 3.8) is 0 Å². The number of halogens is 2. The predicted molar refractivity (Wildman–Crippen MR) is 135 cm³/mol. The summed E-state index contributed by atoms with van der Waals surface area (Å²) >= 11 is 9.21. The summed E-state index contributed by atoms with van der Waals surface area (Å²) in [6.45, 7) is -0.502. The number of alkyl halides is 1. The second-order valence-corrected chi connectivity index (χ2v) is 11.2. The van der Waals surface area contributed by atoms with Gasteiger partial charge in [-0.05, 0) is 24.6 Å². The van der Waals surface area contributed by atoms with E-state index in [1.54, 1.807) is 12.1 Å². The Labute approximate surface area is 228 Å². The minimum Gasteiger partial charge on any atom is -0.481 e. The lowest BCUT2D eigenvalue weighted by Gasteiger charge is -2.26. The van der Waals surface area contributed by atoms with Crippen molar-refractivity contribution < 1.29 is 42.3 Å². The normalized spacial score (nSPS) is 24.4. The highest BCUT2D eigenvalue weighted by atomic mass is 79.9. The number of aliphatic carboxylic acids is 1. The molecular weight excluding hydrogens is 615 g/mol. The first-order valence-electron chi connectivity index (χ1n) is 11.4. The van der Waals surface area contributed by atoms with Gasteiger partial charge in [-0.3, -0.25) is 33.0 Å². The molecule has 2 aromatic rings. The van der Waals surface area contributed by atoms with Crippen LogP contribution in [0.4, 0.5) is 0 Å². The van der Waals surface area contributed by atoms with Crippen molar-refractivity contribution in [2.24, 2.45) is 0 Å². The maximum Gasteiger partial charge on any atom is 0.530 e. The molecule has 16 heteroatoms. The topological polar surface area (TPSA) is 172 Å². The standard InChI is InChI=1S/C22H23BrClN2O11P/c23-6-5-12-9-26(22(31)25-21(12)30)18-8-16(36-20(29)4-3-19(27)28)17(35-18)11-34-38(32)33-10-13-7-14(24)1-2-15(13)37-38/h1-2,7,9,16-18H,3-6,8,10-11H2,(H,27,28)(H,25,30,31)/t16-,17-,18-,38?/m1/s1. The molecule has 4 atom stereocenters. The number of benzene rings is 1. The number of nitrogens with zero attached hydrogens (tertiary/aromatic N) is 1. The number of hydrogen-bond donors (Lipinski definition) is 2. The minimum atomic E-state index is -4.09. The third-order valence-electron chi connectivity index (χ3n) is 5.73. The Bertz CT molecular complexity index is 1380. The summed E-state index contributed by atoms with van der Waals surface area (Å²) in [7, 11) is -4.09. The van der Waals surface area contributed by atoms with Crippen LogP contribution in [0.5, 0.6) is 5.75 Å². The molecule has 1 saturated heterocycles. The molecule has 0 saturated carbocycles. The number of aromatic amines is 1. The molecule has 0 radical (unpaired) electrons.